The van der Waals surface area contributed by atoms with Crippen molar-refractivity contribution < 1.29 is 23.8 Å². The van der Waals surface area contributed by atoms with Crippen molar-refractivity contribution in [3.8, 4) is 11.1 Å². The predicted molar refractivity (Wildman–Crippen MR) is 169 cm³/mol. The van der Waals surface area contributed by atoms with Crippen LogP contribution in [0.1, 0.15) is 90.3 Å². The first kappa shape index (κ1) is 31.4. The van der Waals surface area contributed by atoms with Gasteiger partial charge in [0, 0.05) is 18.4 Å². The lowest BCUT2D eigenvalue weighted by Gasteiger charge is -2.24. The molecule has 2 aromatic carbocycles. The fraction of sp³-hybridized carbons (Fsp3) is 0.514. The maximum absolute atomic E-state index is 13.6. The summed E-state index contributed by atoms with van der Waals surface area (Å²) in [4.78, 5) is 31.6. The third-order valence-corrected chi connectivity index (χ3v) is 9.54. The van der Waals surface area contributed by atoms with Crippen LogP contribution in [0.15, 0.2) is 54.2 Å². The summed E-state index contributed by atoms with van der Waals surface area (Å²) in [6, 6.07) is 13.0. The van der Waals surface area contributed by atoms with Gasteiger partial charge < -0.3 is 19.5 Å². The topological polar surface area (TPSA) is 86.8 Å². The zero-order valence-corrected chi connectivity index (χ0v) is 26.2. The molecule has 8 heteroatoms. The molecule has 2 saturated carbocycles. The van der Waals surface area contributed by atoms with E-state index in [1.807, 2.05) is 61.1 Å². The number of amides is 1. The molecule has 230 valence electrons. The first-order valence-electron chi connectivity index (χ1n) is 15.7. The van der Waals surface area contributed by atoms with Gasteiger partial charge in [-0.2, -0.15) is 0 Å². The Hall–Kier alpha value is -3.07. The normalized spacial score (nSPS) is 16.9. The van der Waals surface area contributed by atoms with Crippen molar-refractivity contribution in [2.45, 2.75) is 83.5 Å². The molecular weight excluding hydrogens is 560 g/mol. The second-order valence-corrected chi connectivity index (χ2v) is 12.9. The molecule has 1 amide bonds. The minimum atomic E-state index is -0.881. The van der Waals surface area contributed by atoms with Gasteiger partial charge in [-0.05, 0) is 78.8 Å². The minimum Gasteiger partial charge on any atom is -0.467 e. The molecule has 1 N–H and O–H groups in total. The summed E-state index contributed by atoms with van der Waals surface area (Å²) in [5.41, 5.74) is 6.17. The molecule has 2 aliphatic carbocycles. The molecule has 0 bridgehead atoms. The van der Waals surface area contributed by atoms with E-state index in [-0.39, 0.29) is 18.6 Å². The van der Waals surface area contributed by atoms with Crippen LogP contribution < -0.4 is 5.32 Å². The van der Waals surface area contributed by atoms with Crippen molar-refractivity contribution in [2.75, 3.05) is 20.3 Å². The summed E-state index contributed by atoms with van der Waals surface area (Å²) in [5.74, 6) is 0.477. The third kappa shape index (κ3) is 8.97. The highest BCUT2D eigenvalue weighted by molar-refractivity contribution is 7.09. The van der Waals surface area contributed by atoms with Crippen molar-refractivity contribution in [3.63, 3.8) is 0 Å². The van der Waals surface area contributed by atoms with E-state index in [0.29, 0.717) is 24.7 Å². The number of carbonyl (C=O) groups excluding carboxylic acids is 2. The smallest absolute Gasteiger partial charge is 0.330 e. The largest absolute Gasteiger partial charge is 0.467 e. The van der Waals surface area contributed by atoms with E-state index in [9.17, 15) is 9.59 Å². The van der Waals surface area contributed by atoms with Gasteiger partial charge in [0.2, 0.25) is 0 Å². The molecule has 0 spiro atoms. The van der Waals surface area contributed by atoms with E-state index in [4.69, 9.17) is 14.2 Å². The molecule has 1 aromatic heterocycles. The Morgan fingerprint density at radius 1 is 1.02 bits per heavy atom. The average Bonchev–Trinajstić information content (AvgIpc) is 3.70. The van der Waals surface area contributed by atoms with E-state index in [2.05, 4.69) is 10.3 Å². The third-order valence-electron chi connectivity index (χ3n) is 8.67. The summed E-state index contributed by atoms with van der Waals surface area (Å²) in [6.45, 7) is 3.14. The fourth-order valence-corrected chi connectivity index (χ4v) is 6.62. The molecule has 43 heavy (non-hydrogen) atoms. The highest BCUT2D eigenvalue weighted by Crippen LogP contribution is 2.34. The van der Waals surface area contributed by atoms with Gasteiger partial charge in [0.1, 0.15) is 0 Å². The second kappa shape index (κ2) is 15.6. The van der Waals surface area contributed by atoms with E-state index in [1.165, 1.54) is 45.6 Å². The molecule has 0 saturated heterocycles. The molecule has 0 aliphatic heterocycles. The maximum Gasteiger partial charge on any atom is 0.330 e. The van der Waals surface area contributed by atoms with Crippen LogP contribution >= 0.6 is 11.3 Å². The Morgan fingerprint density at radius 3 is 2.56 bits per heavy atom. The Labute approximate surface area is 259 Å². The molecular formula is C35H44N2O5S. The van der Waals surface area contributed by atoms with E-state index in [1.54, 1.807) is 11.3 Å². The highest BCUT2D eigenvalue weighted by Gasteiger charge is 2.27. The number of hydrogen-bond acceptors (Lipinski definition) is 7. The van der Waals surface area contributed by atoms with Crippen molar-refractivity contribution in [1.82, 2.24) is 10.3 Å². The van der Waals surface area contributed by atoms with Crippen molar-refractivity contribution in [1.29, 1.82) is 0 Å². The predicted octanol–water partition coefficient (Wildman–Crippen LogP) is 7.43. The van der Waals surface area contributed by atoms with E-state index < -0.39 is 12.0 Å². The van der Waals surface area contributed by atoms with Gasteiger partial charge >= 0.3 is 5.97 Å². The van der Waals surface area contributed by atoms with Crippen molar-refractivity contribution in [2.24, 2.45) is 11.8 Å². The number of rotatable bonds is 15. The zero-order valence-electron chi connectivity index (χ0n) is 25.4. The van der Waals surface area contributed by atoms with E-state index in [0.717, 1.165) is 52.3 Å². The molecule has 1 heterocycles. The molecule has 2 atom stereocenters. The lowest BCUT2D eigenvalue weighted by atomic mass is 9.85. The standard InChI is InChI=1S/C35H44N2O5S/c1-24-8-6-7-11-28(24)30-18-27(21-42-32(33-19-36-23-43-33)17-15-25-9-4-3-5-10-25)14-16-29(30)34(38)37-31(35(39)40-2)22-41-20-26-12-13-26/h6-8,11,14,16,18-19,23,25-26,31-32H,3-5,9-10,12-13,15,17,20-22H2,1-2H3,(H,37,38)/t31-,32?/m0/s1. The molecule has 3 aromatic rings. The van der Waals surface area contributed by atoms with Gasteiger partial charge in [0.15, 0.2) is 6.04 Å². The number of aromatic nitrogens is 1. The average molecular weight is 605 g/mol. The van der Waals surface area contributed by atoms with Crippen molar-refractivity contribution >= 4 is 23.2 Å². The maximum atomic E-state index is 13.6. The number of nitrogens with one attached hydrogen (secondary N) is 1. The van der Waals surface area contributed by atoms with Gasteiger partial charge in [-0.3, -0.25) is 9.78 Å². The Bertz CT molecular complexity index is 1330. The number of esters is 1. The molecule has 1 unspecified atom stereocenters. The number of nitrogens with zero attached hydrogens (tertiary/aromatic N) is 1. The number of ether oxygens (including phenoxy) is 3. The Kier molecular flexibility index (Phi) is 11.4. The van der Waals surface area contributed by atoms with Crippen LogP contribution in [-0.4, -0.2) is 43.2 Å². The quantitative estimate of drug-likeness (QED) is 0.182. The monoisotopic (exact) mass is 604 g/mol. The molecule has 7 nitrogen and oxygen atoms in total. The summed E-state index contributed by atoms with van der Waals surface area (Å²) in [5, 5.41) is 2.87. The summed E-state index contributed by atoms with van der Waals surface area (Å²) < 4.78 is 17.3. The summed E-state index contributed by atoms with van der Waals surface area (Å²) in [7, 11) is 1.32. The lowest BCUT2D eigenvalue weighted by molar-refractivity contribution is -0.144. The van der Waals surface area contributed by atoms with Crippen LogP contribution in [0.2, 0.25) is 0 Å². The molecule has 2 aliphatic rings. The second-order valence-electron chi connectivity index (χ2n) is 12.0. The highest BCUT2D eigenvalue weighted by atomic mass is 32.1. The van der Waals surface area contributed by atoms with Crippen LogP contribution in [0.25, 0.3) is 11.1 Å². The van der Waals surface area contributed by atoms with Crippen LogP contribution in [0.5, 0.6) is 0 Å². The van der Waals surface area contributed by atoms with Crippen LogP contribution in [-0.2, 0) is 25.6 Å². The number of hydrogen-bond donors (Lipinski definition) is 1. The van der Waals surface area contributed by atoms with Gasteiger partial charge in [-0.1, -0.05) is 62.4 Å². The zero-order chi connectivity index (χ0) is 30.0. The molecule has 5 rings (SSSR count). The van der Waals surface area contributed by atoms with E-state index >= 15 is 0 Å². The SMILES string of the molecule is COC(=O)[C@H](COCC1CC1)NC(=O)c1ccc(COC(CCC2CCCCC2)c2cncs2)cc1-c1ccccc1C. The number of benzene rings is 2. The molecule has 0 radical (unpaired) electrons. The number of aryl methyl sites for hydroxylation is 1. The first-order valence-corrected chi connectivity index (χ1v) is 16.5. The Morgan fingerprint density at radius 2 is 1.84 bits per heavy atom. The number of thiazole rings is 1. The lowest BCUT2D eigenvalue weighted by Crippen LogP contribution is -2.45. The van der Waals surface area contributed by atoms with Crippen molar-refractivity contribution in [3.05, 3.63) is 75.7 Å². The minimum absolute atomic E-state index is 0.00392. The first-order chi connectivity index (χ1) is 21.0. The Balaban J connectivity index is 1.33. The summed E-state index contributed by atoms with van der Waals surface area (Å²) >= 11 is 1.64. The number of methoxy groups -OCH3 is 1. The van der Waals surface area contributed by atoms with Crippen LogP contribution in [0.4, 0.5) is 0 Å². The summed E-state index contributed by atoms with van der Waals surface area (Å²) in [6.07, 6.45) is 13.1. The van der Waals surface area contributed by atoms with Gasteiger partial charge in [0.25, 0.3) is 5.91 Å². The van der Waals surface area contributed by atoms with Gasteiger partial charge in [-0.25, -0.2) is 4.79 Å². The van der Waals surface area contributed by atoms with Crippen LogP contribution in [0.3, 0.4) is 0 Å². The van der Waals surface area contributed by atoms with Crippen LogP contribution in [0, 0.1) is 18.8 Å². The molecule has 2 fully saturated rings. The fourth-order valence-electron chi connectivity index (χ4n) is 5.91. The van der Waals surface area contributed by atoms with Gasteiger partial charge in [-0.15, -0.1) is 11.3 Å². The number of carbonyl (C=O) groups is 2. The van der Waals surface area contributed by atoms with Gasteiger partial charge in [0.05, 0.1) is 36.8 Å².